The van der Waals surface area contributed by atoms with Crippen LogP contribution in [0.3, 0.4) is 0 Å². The molecule has 25 heavy (non-hydrogen) atoms. The molecular weight excluding hydrogens is 425 g/mol. The van der Waals surface area contributed by atoms with Crippen molar-refractivity contribution in [1.29, 1.82) is 0 Å². The van der Waals surface area contributed by atoms with Gasteiger partial charge in [0.15, 0.2) is 0 Å². The minimum Gasteiger partial charge on any atom is -0.506 e. The number of rotatable bonds is 1. The average Bonchev–Trinajstić information content (AvgIpc) is 3.05. The molecule has 0 bridgehead atoms. The molecule has 2 heterocycles. The number of hydrogen-bond donors (Lipinski definition) is 2. The van der Waals surface area contributed by atoms with E-state index in [1.807, 2.05) is 0 Å². The first-order chi connectivity index (χ1) is 11.3. The van der Waals surface area contributed by atoms with Crippen LogP contribution in [0, 0.1) is 0 Å². The Balaban J connectivity index is 0.000000249. The maximum atomic E-state index is 9.47. The van der Waals surface area contributed by atoms with E-state index in [2.05, 4.69) is 34.2 Å². The summed E-state index contributed by atoms with van der Waals surface area (Å²) in [7, 11) is 0. The summed E-state index contributed by atoms with van der Waals surface area (Å²) in [5.41, 5.74) is 3.70. The van der Waals surface area contributed by atoms with Crippen LogP contribution in [0.4, 0.5) is 0 Å². The Morgan fingerprint density at radius 3 is 1.52 bits per heavy atom. The quantitative estimate of drug-likeness (QED) is 0.554. The molecule has 0 fully saturated rings. The standard InChI is InChI=1S/C10H8N2O2.C9H10.ClH.Ru/c13-7-3-1-5-11-9(7)10-8(14)4-2-6-12-10;1-2-5-9-7-3-6-8(9)4-1;;/h1-6,13-14H;1-2,4-5H,3,6-7H2;1H;/q;;;+3. The van der Waals surface area contributed by atoms with E-state index in [0.717, 1.165) is 0 Å². The monoisotopic (exact) mass is 444 g/mol. The fourth-order valence-electron chi connectivity index (χ4n) is 2.67. The van der Waals surface area contributed by atoms with Gasteiger partial charge in [0.05, 0.1) is 0 Å². The van der Waals surface area contributed by atoms with Crippen LogP contribution < -0.4 is 0 Å². The van der Waals surface area contributed by atoms with Crippen molar-refractivity contribution in [3.63, 3.8) is 0 Å². The molecule has 0 saturated heterocycles. The molecule has 0 unspecified atom stereocenters. The van der Waals surface area contributed by atoms with E-state index in [4.69, 9.17) is 0 Å². The first-order valence-corrected chi connectivity index (χ1v) is 7.61. The number of hydrogen-bond acceptors (Lipinski definition) is 4. The van der Waals surface area contributed by atoms with Gasteiger partial charge in [0, 0.05) is 12.4 Å². The van der Waals surface area contributed by atoms with Gasteiger partial charge in [-0.25, -0.2) is 0 Å². The summed E-state index contributed by atoms with van der Waals surface area (Å²) in [6.07, 6.45) is 7.03. The van der Waals surface area contributed by atoms with E-state index < -0.39 is 0 Å². The molecule has 0 saturated carbocycles. The largest absolute Gasteiger partial charge is 3.00 e. The smallest absolute Gasteiger partial charge is 0.506 e. The third-order valence-corrected chi connectivity index (χ3v) is 3.81. The van der Waals surface area contributed by atoms with Crippen molar-refractivity contribution >= 4 is 12.4 Å². The molecule has 3 aromatic rings. The number of benzene rings is 1. The summed E-state index contributed by atoms with van der Waals surface area (Å²) in [6, 6.07) is 14.9. The minimum atomic E-state index is 0. The first kappa shape index (κ1) is 21.1. The van der Waals surface area contributed by atoms with Crippen molar-refractivity contribution in [2.45, 2.75) is 19.3 Å². The maximum Gasteiger partial charge on any atom is 3.00 e. The third kappa shape index (κ3) is 5.25. The molecule has 0 aliphatic heterocycles. The van der Waals surface area contributed by atoms with Gasteiger partial charge in [0.25, 0.3) is 0 Å². The van der Waals surface area contributed by atoms with E-state index in [9.17, 15) is 10.2 Å². The van der Waals surface area contributed by atoms with Crippen LogP contribution in [0.25, 0.3) is 11.4 Å². The molecule has 1 aromatic carbocycles. The topological polar surface area (TPSA) is 66.2 Å². The Kier molecular flexibility index (Phi) is 8.53. The van der Waals surface area contributed by atoms with E-state index in [0.29, 0.717) is 0 Å². The van der Waals surface area contributed by atoms with Crippen LogP contribution in [0.1, 0.15) is 17.5 Å². The Bertz CT molecular complexity index is 748. The van der Waals surface area contributed by atoms with E-state index in [1.165, 1.54) is 43.8 Å². The average molecular weight is 444 g/mol. The zero-order valence-corrected chi connectivity index (χ0v) is 16.0. The molecule has 0 amide bonds. The van der Waals surface area contributed by atoms with Crippen LogP contribution in [0.2, 0.25) is 0 Å². The van der Waals surface area contributed by atoms with Crippen LogP contribution in [-0.2, 0) is 32.3 Å². The number of aromatic nitrogens is 2. The molecule has 1 aliphatic carbocycles. The van der Waals surface area contributed by atoms with Gasteiger partial charge in [-0.1, -0.05) is 24.3 Å². The first-order valence-electron chi connectivity index (χ1n) is 7.61. The van der Waals surface area contributed by atoms with Crippen LogP contribution >= 0.6 is 12.4 Å². The maximum absolute atomic E-state index is 9.47. The summed E-state index contributed by atoms with van der Waals surface area (Å²) in [4.78, 5) is 7.87. The van der Waals surface area contributed by atoms with E-state index in [-0.39, 0.29) is 54.8 Å². The van der Waals surface area contributed by atoms with Crippen molar-refractivity contribution in [1.82, 2.24) is 9.97 Å². The van der Waals surface area contributed by atoms with Gasteiger partial charge in [-0.2, -0.15) is 0 Å². The molecule has 2 aromatic heterocycles. The third-order valence-electron chi connectivity index (χ3n) is 3.81. The number of halogens is 1. The molecule has 2 N–H and O–H groups in total. The molecule has 1 aliphatic rings. The van der Waals surface area contributed by atoms with Gasteiger partial charge >= 0.3 is 19.5 Å². The van der Waals surface area contributed by atoms with Crippen molar-refractivity contribution in [3.05, 3.63) is 72.1 Å². The Morgan fingerprint density at radius 1 is 0.680 bits per heavy atom. The van der Waals surface area contributed by atoms with Crippen LogP contribution in [0.15, 0.2) is 60.9 Å². The summed E-state index contributed by atoms with van der Waals surface area (Å²) < 4.78 is 0. The summed E-state index contributed by atoms with van der Waals surface area (Å²) in [6.45, 7) is 0. The summed E-state index contributed by atoms with van der Waals surface area (Å²) in [5, 5.41) is 18.9. The van der Waals surface area contributed by atoms with Crippen molar-refractivity contribution in [2.24, 2.45) is 0 Å². The van der Waals surface area contributed by atoms with E-state index >= 15 is 0 Å². The molecule has 6 heteroatoms. The zero-order valence-electron chi connectivity index (χ0n) is 13.4. The second-order valence-corrected chi connectivity index (χ2v) is 5.36. The predicted octanol–water partition coefficient (Wildman–Crippen LogP) is 4.15. The molecule has 1 radical (unpaired) electrons. The molecule has 4 nitrogen and oxygen atoms in total. The van der Waals surface area contributed by atoms with E-state index in [1.54, 1.807) is 23.3 Å². The summed E-state index contributed by atoms with van der Waals surface area (Å²) in [5.74, 6) is 0.00278. The van der Waals surface area contributed by atoms with Crippen LogP contribution in [-0.4, -0.2) is 20.2 Å². The van der Waals surface area contributed by atoms with Crippen molar-refractivity contribution < 1.29 is 29.7 Å². The van der Waals surface area contributed by atoms with Gasteiger partial charge < -0.3 is 10.2 Å². The molecule has 0 atom stereocenters. The van der Waals surface area contributed by atoms with Crippen molar-refractivity contribution in [2.75, 3.05) is 0 Å². The number of aryl methyl sites for hydroxylation is 2. The second-order valence-electron chi connectivity index (χ2n) is 5.36. The molecular formula is C19H19ClN2O2Ru+3. The zero-order chi connectivity index (χ0) is 16.1. The van der Waals surface area contributed by atoms with Gasteiger partial charge in [-0.05, 0) is 54.7 Å². The summed E-state index contributed by atoms with van der Waals surface area (Å²) >= 11 is 0. The Hall–Kier alpha value is -1.97. The minimum absolute atomic E-state index is 0. The molecule has 129 valence electrons. The fourth-order valence-corrected chi connectivity index (χ4v) is 2.67. The molecule has 4 rings (SSSR count). The molecule has 0 spiro atoms. The number of fused-ring (bicyclic) bond motifs is 1. The van der Waals surface area contributed by atoms with Gasteiger partial charge in [-0.3, -0.25) is 9.97 Å². The van der Waals surface area contributed by atoms with Crippen LogP contribution in [0.5, 0.6) is 11.5 Å². The SMILES string of the molecule is Cl.Oc1cccnc1-c1ncccc1O.[Ru+3].c1ccc2c(c1)CCC2. The normalized spacial score (nSPS) is 11.2. The van der Waals surface area contributed by atoms with Gasteiger partial charge in [0.2, 0.25) is 0 Å². The van der Waals surface area contributed by atoms with Crippen molar-refractivity contribution in [3.8, 4) is 22.9 Å². The Morgan fingerprint density at radius 2 is 1.12 bits per heavy atom. The van der Waals surface area contributed by atoms with Gasteiger partial charge in [-0.15, -0.1) is 12.4 Å². The Labute approximate surface area is 166 Å². The van der Waals surface area contributed by atoms with Gasteiger partial charge in [0.1, 0.15) is 22.9 Å². The second kappa shape index (κ2) is 10.1. The number of aromatic hydroxyl groups is 2. The number of nitrogens with zero attached hydrogens (tertiary/aromatic N) is 2. The predicted molar refractivity (Wildman–Crippen MR) is 96.5 cm³/mol. The number of pyridine rings is 2. The fraction of sp³-hybridized carbons (Fsp3) is 0.158.